The Morgan fingerprint density at radius 1 is 1.20 bits per heavy atom. The van der Waals surface area contributed by atoms with Gasteiger partial charge < -0.3 is 9.84 Å². The molecule has 0 amide bonds. The molecule has 0 fully saturated rings. The summed E-state index contributed by atoms with van der Waals surface area (Å²) in [5.74, 6) is -0.687. The number of nitriles is 1. The lowest BCUT2D eigenvalue weighted by Gasteiger charge is -2.06. The van der Waals surface area contributed by atoms with Crippen molar-refractivity contribution in [3.05, 3.63) is 53.6 Å². The van der Waals surface area contributed by atoms with Crippen molar-refractivity contribution in [2.24, 2.45) is 0 Å². The van der Waals surface area contributed by atoms with Gasteiger partial charge in [0.1, 0.15) is 11.3 Å². The van der Waals surface area contributed by atoms with E-state index in [1.807, 2.05) is 12.1 Å². The number of benzene rings is 2. The Hall–Kier alpha value is -2.45. The first-order valence-electron chi connectivity index (χ1n) is 5.73. The SMILES string of the molecule is COC(=O)c1ccc(Sc2ccc(C#N)cc2)cc1O. The molecule has 20 heavy (non-hydrogen) atoms. The van der Waals surface area contributed by atoms with E-state index in [1.54, 1.807) is 18.2 Å². The van der Waals surface area contributed by atoms with Crippen LogP contribution >= 0.6 is 11.8 Å². The lowest BCUT2D eigenvalue weighted by Crippen LogP contribution is -2.01. The summed E-state index contributed by atoms with van der Waals surface area (Å²) in [5.41, 5.74) is 0.731. The van der Waals surface area contributed by atoms with Crippen molar-refractivity contribution in [2.75, 3.05) is 7.11 Å². The van der Waals surface area contributed by atoms with E-state index in [2.05, 4.69) is 10.8 Å². The maximum atomic E-state index is 11.4. The minimum absolute atomic E-state index is 0.115. The number of methoxy groups -OCH3 is 1. The van der Waals surface area contributed by atoms with E-state index in [0.29, 0.717) is 5.56 Å². The first-order chi connectivity index (χ1) is 9.63. The molecule has 0 aliphatic rings. The monoisotopic (exact) mass is 285 g/mol. The van der Waals surface area contributed by atoms with E-state index in [-0.39, 0.29) is 11.3 Å². The first-order valence-corrected chi connectivity index (χ1v) is 6.55. The number of esters is 1. The predicted octanol–water partition coefficient (Wildman–Crippen LogP) is 3.20. The van der Waals surface area contributed by atoms with E-state index in [0.717, 1.165) is 9.79 Å². The number of nitrogens with zero attached hydrogens (tertiary/aromatic N) is 1. The molecule has 0 spiro atoms. The zero-order chi connectivity index (χ0) is 14.5. The van der Waals surface area contributed by atoms with Crippen LogP contribution in [0.5, 0.6) is 5.75 Å². The molecule has 100 valence electrons. The summed E-state index contributed by atoms with van der Waals surface area (Å²) in [6.07, 6.45) is 0. The summed E-state index contributed by atoms with van der Waals surface area (Å²) in [6, 6.07) is 13.9. The third kappa shape index (κ3) is 3.11. The molecule has 0 radical (unpaired) electrons. The van der Waals surface area contributed by atoms with Gasteiger partial charge in [0.05, 0.1) is 18.7 Å². The Morgan fingerprint density at radius 2 is 1.85 bits per heavy atom. The van der Waals surface area contributed by atoms with Crippen LogP contribution in [0.2, 0.25) is 0 Å². The minimum Gasteiger partial charge on any atom is -0.507 e. The van der Waals surface area contributed by atoms with Crippen LogP contribution in [0, 0.1) is 11.3 Å². The lowest BCUT2D eigenvalue weighted by molar-refractivity contribution is 0.0597. The molecule has 0 aliphatic carbocycles. The Labute approximate surface area is 120 Å². The number of hydrogen-bond acceptors (Lipinski definition) is 5. The summed E-state index contributed by atoms with van der Waals surface area (Å²) in [4.78, 5) is 13.1. The van der Waals surface area contributed by atoms with Crippen LogP contribution in [0.25, 0.3) is 0 Å². The third-order valence-corrected chi connectivity index (χ3v) is 3.59. The fraction of sp³-hybridized carbons (Fsp3) is 0.0667. The molecule has 0 heterocycles. The Kier molecular flexibility index (Phi) is 4.28. The van der Waals surface area contributed by atoms with Gasteiger partial charge in [-0.05, 0) is 42.5 Å². The average molecular weight is 285 g/mol. The van der Waals surface area contributed by atoms with E-state index in [4.69, 9.17) is 5.26 Å². The van der Waals surface area contributed by atoms with Gasteiger partial charge in [-0.3, -0.25) is 0 Å². The molecular weight excluding hydrogens is 274 g/mol. The van der Waals surface area contributed by atoms with Gasteiger partial charge in [0.15, 0.2) is 0 Å². The summed E-state index contributed by atoms with van der Waals surface area (Å²) >= 11 is 1.43. The smallest absolute Gasteiger partial charge is 0.341 e. The van der Waals surface area contributed by atoms with E-state index < -0.39 is 5.97 Å². The van der Waals surface area contributed by atoms with E-state index >= 15 is 0 Å². The van der Waals surface area contributed by atoms with Crippen molar-refractivity contribution in [3.8, 4) is 11.8 Å². The highest BCUT2D eigenvalue weighted by atomic mass is 32.2. The molecule has 4 nitrogen and oxygen atoms in total. The molecular formula is C15H11NO3S. The van der Waals surface area contributed by atoms with Crippen LogP contribution in [-0.2, 0) is 4.74 Å². The number of phenols is 1. The number of ether oxygens (including phenoxy) is 1. The summed E-state index contributed by atoms with van der Waals surface area (Å²) < 4.78 is 4.56. The molecule has 5 heteroatoms. The molecule has 0 saturated heterocycles. The zero-order valence-corrected chi connectivity index (χ0v) is 11.5. The van der Waals surface area contributed by atoms with Crippen molar-refractivity contribution in [3.63, 3.8) is 0 Å². The highest BCUT2D eigenvalue weighted by Crippen LogP contribution is 2.31. The molecule has 2 aromatic rings. The molecule has 2 rings (SSSR count). The maximum absolute atomic E-state index is 11.4. The Morgan fingerprint density at radius 3 is 2.40 bits per heavy atom. The Bertz CT molecular complexity index is 675. The quantitative estimate of drug-likeness (QED) is 0.877. The summed E-state index contributed by atoms with van der Waals surface area (Å²) in [7, 11) is 1.27. The van der Waals surface area contributed by atoms with Gasteiger partial charge in [-0.1, -0.05) is 11.8 Å². The summed E-state index contributed by atoms with van der Waals surface area (Å²) in [6.45, 7) is 0. The van der Waals surface area contributed by atoms with Crippen molar-refractivity contribution in [1.29, 1.82) is 5.26 Å². The van der Waals surface area contributed by atoms with Crippen molar-refractivity contribution in [2.45, 2.75) is 9.79 Å². The highest BCUT2D eigenvalue weighted by molar-refractivity contribution is 7.99. The maximum Gasteiger partial charge on any atom is 0.341 e. The molecule has 0 saturated carbocycles. The fourth-order valence-corrected chi connectivity index (χ4v) is 2.44. The van der Waals surface area contributed by atoms with Gasteiger partial charge in [0, 0.05) is 9.79 Å². The predicted molar refractivity (Wildman–Crippen MR) is 74.7 cm³/mol. The molecule has 0 unspecified atom stereocenters. The molecule has 1 N–H and O–H groups in total. The van der Waals surface area contributed by atoms with Crippen molar-refractivity contribution in [1.82, 2.24) is 0 Å². The van der Waals surface area contributed by atoms with Crippen LogP contribution < -0.4 is 0 Å². The summed E-state index contributed by atoms with van der Waals surface area (Å²) in [5, 5.41) is 18.5. The molecule has 0 aromatic heterocycles. The number of hydrogen-bond donors (Lipinski definition) is 1. The van der Waals surface area contributed by atoms with Crippen LogP contribution in [0.1, 0.15) is 15.9 Å². The normalized spacial score (nSPS) is 9.80. The van der Waals surface area contributed by atoms with E-state index in [1.165, 1.54) is 31.0 Å². The van der Waals surface area contributed by atoms with Crippen LogP contribution in [0.4, 0.5) is 0 Å². The number of phenolic OH excluding ortho intramolecular Hbond substituents is 1. The van der Waals surface area contributed by atoms with Crippen LogP contribution in [-0.4, -0.2) is 18.2 Å². The minimum atomic E-state index is -0.572. The number of carbonyl (C=O) groups excluding carboxylic acids is 1. The van der Waals surface area contributed by atoms with Crippen molar-refractivity contribution < 1.29 is 14.6 Å². The zero-order valence-electron chi connectivity index (χ0n) is 10.7. The highest BCUT2D eigenvalue weighted by Gasteiger charge is 2.12. The average Bonchev–Trinajstić information content (AvgIpc) is 2.47. The second-order valence-electron chi connectivity index (χ2n) is 3.91. The molecule has 0 aliphatic heterocycles. The number of carbonyl (C=O) groups is 1. The second kappa shape index (κ2) is 6.13. The first kappa shape index (κ1) is 14.0. The molecule has 0 bridgehead atoms. The van der Waals surface area contributed by atoms with E-state index in [9.17, 15) is 9.90 Å². The fourth-order valence-electron chi connectivity index (χ4n) is 1.59. The van der Waals surface area contributed by atoms with Crippen molar-refractivity contribution >= 4 is 17.7 Å². The van der Waals surface area contributed by atoms with Gasteiger partial charge in [0.25, 0.3) is 0 Å². The third-order valence-electron chi connectivity index (χ3n) is 2.59. The van der Waals surface area contributed by atoms with Gasteiger partial charge >= 0.3 is 5.97 Å². The van der Waals surface area contributed by atoms with Gasteiger partial charge in [-0.15, -0.1) is 0 Å². The Balaban J connectivity index is 2.20. The van der Waals surface area contributed by atoms with Gasteiger partial charge in [0.2, 0.25) is 0 Å². The van der Waals surface area contributed by atoms with Crippen LogP contribution in [0.3, 0.4) is 0 Å². The molecule has 0 atom stereocenters. The van der Waals surface area contributed by atoms with Gasteiger partial charge in [-0.2, -0.15) is 5.26 Å². The number of rotatable bonds is 3. The van der Waals surface area contributed by atoms with Crippen LogP contribution in [0.15, 0.2) is 52.3 Å². The lowest BCUT2D eigenvalue weighted by atomic mass is 10.2. The second-order valence-corrected chi connectivity index (χ2v) is 5.06. The molecule has 2 aromatic carbocycles. The largest absolute Gasteiger partial charge is 0.507 e. The standard InChI is InChI=1S/C15H11NO3S/c1-19-15(18)13-7-6-12(8-14(13)17)20-11-4-2-10(9-16)3-5-11/h2-8,17H,1H3. The number of aromatic hydroxyl groups is 1. The van der Waals surface area contributed by atoms with Gasteiger partial charge in [-0.25, -0.2) is 4.79 Å². The topological polar surface area (TPSA) is 70.3 Å².